The third-order valence-corrected chi connectivity index (χ3v) is 5.52. The van der Waals surface area contributed by atoms with E-state index in [-0.39, 0.29) is 4.90 Å². The molecule has 22 heavy (non-hydrogen) atoms. The molecule has 1 aliphatic heterocycles. The van der Waals surface area contributed by atoms with Gasteiger partial charge in [-0.25, -0.2) is 13.1 Å². The quantitative estimate of drug-likeness (QED) is 0.818. The van der Waals surface area contributed by atoms with E-state index in [1.807, 2.05) is 0 Å². The Kier molecular flexibility index (Phi) is 4.69. The molecule has 1 heterocycles. The van der Waals surface area contributed by atoms with Gasteiger partial charge >= 0.3 is 0 Å². The fourth-order valence-electron chi connectivity index (χ4n) is 2.85. The van der Waals surface area contributed by atoms with Crippen LogP contribution in [0.3, 0.4) is 0 Å². The Labute approximate surface area is 131 Å². The molecule has 120 valence electrons. The zero-order valence-corrected chi connectivity index (χ0v) is 13.4. The van der Waals surface area contributed by atoms with Gasteiger partial charge in [0, 0.05) is 13.1 Å². The van der Waals surface area contributed by atoms with Crippen molar-refractivity contribution in [2.75, 3.05) is 25.0 Å². The van der Waals surface area contributed by atoms with Gasteiger partial charge in [0.2, 0.25) is 10.0 Å². The van der Waals surface area contributed by atoms with Crippen molar-refractivity contribution in [2.45, 2.75) is 37.0 Å². The second-order valence-corrected chi connectivity index (χ2v) is 7.46. The van der Waals surface area contributed by atoms with E-state index in [0.29, 0.717) is 25.4 Å². The third kappa shape index (κ3) is 3.62. The van der Waals surface area contributed by atoms with E-state index in [0.717, 1.165) is 24.9 Å². The van der Waals surface area contributed by atoms with Crippen molar-refractivity contribution < 1.29 is 13.2 Å². The van der Waals surface area contributed by atoms with Gasteiger partial charge in [-0.2, -0.15) is 0 Å². The van der Waals surface area contributed by atoms with Crippen LogP contribution in [0.1, 0.15) is 32.1 Å². The van der Waals surface area contributed by atoms with Gasteiger partial charge in [0.05, 0.1) is 10.6 Å². The maximum absolute atomic E-state index is 12.4. The SMILES string of the molecule is O=S(=O)(NCCC1=CCCCC1)c1ccc2c(c1)NCCO2. The Hall–Kier alpha value is -1.53. The summed E-state index contributed by atoms with van der Waals surface area (Å²) in [6, 6.07) is 4.93. The Balaban J connectivity index is 1.63. The molecule has 0 amide bonds. The van der Waals surface area contributed by atoms with Crippen LogP contribution in [0, 0.1) is 0 Å². The lowest BCUT2D eigenvalue weighted by Gasteiger charge is -2.19. The van der Waals surface area contributed by atoms with Crippen molar-refractivity contribution in [2.24, 2.45) is 0 Å². The number of anilines is 1. The van der Waals surface area contributed by atoms with Crippen molar-refractivity contribution in [1.29, 1.82) is 0 Å². The van der Waals surface area contributed by atoms with Crippen LogP contribution in [0.15, 0.2) is 34.7 Å². The first-order valence-corrected chi connectivity index (χ1v) is 9.32. The van der Waals surface area contributed by atoms with Gasteiger partial charge in [-0.15, -0.1) is 0 Å². The molecule has 5 nitrogen and oxygen atoms in total. The molecule has 0 fully saturated rings. The smallest absolute Gasteiger partial charge is 0.240 e. The molecular weight excluding hydrogens is 300 g/mol. The highest BCUT2D eigenvalue weighted by Crippen LogP contribution is 2.29. The molecule has 0 radical (unpaired) electrons. The van der Waals surface area contributed by atoms with Gasteiger partial charge in [0.1, 0.15) is 12.4 Å². The van der Waals surface area contributed by atoms with Crippen molar-refractivity contribution >= 4 is 15.7 Å². The number of nitrogens with one attached hydrogen (secondary N) is 2. The Bertz CT molecular complexity index is 668. The van der Waals surface area contributed by atoms with Crippen molar-refractivity contribution in [3.8, 4) is 5.75 Å². The summed E-state index contributed by atoms with van der Waals surface area (Å²) in [5.41, 5.74) is 2.11. The molecule has 2 aliphatic rings. The molecule has 1 aromatic carbocycles. The molecule has 0 aromatic heterocycles. The standard InChI is InChI=1S/C16H22N2O3S/c19-22(20,18-9-8-13-4-2-1-3-5-13)14-6-7-16-15(12-14)17-10-11-21-16/h4,6-7,12,17-18H,1-3,5,8-11H2. The summed E-state index contributed by atoms with van der Waals surface area (Å²) >= 11 is 0. The highest BCUT2D eigenvalue weighted by Gasteiger charge is 2.18. The monoisotopic (exact) mass is 322 g/mol. The minimum Gasteiger partial charge on any atom is -0.490 e. The molecule has 0 spiro atoms. The average molecular weight is 322 g/mol. The van der Waals surface area contributed by atoms with Gasteiger partial charge < -0.3 is 10.1 Å². The summed E-state index contributed by atoms with van der Waals surface area (Å²) in [6.07, 6.45) is 7.73. The first-order valence-electron chi connectivity index (χ1n) is 7.83. The second kappa shape index (κ2) is 6.71. The Morgan fingerprint density at radius 3 is 3.00 bits per heavy atom. The molecule has 2 N–H and O–H groups in total. The topological polar surface area (TPSA) is 67.4 Å². The van der Waals surface area contributed by atoms with Crippen LogP contribution in [0.4, 0.5) is 5.69 Å². The lowest BCUT2D eigenvalue weighted by molar-refractivity contribution is 0.323. The molecule has 6 heteroatoms. The number of rotatable bonds is 5. The van der Waals surface area contributed by atoms with Crippen LogP contribution in [-0.4, -0.2) is 28.1 Å². The molecule has 0 saturated heterocycles. The van der Waals surface area contributed by atoms with Crippen LogP contribution in [0.25, 0.3) is 0 Å². The summed E-state index contributed by atoms with van der Waals surface area (Å²) in [6.45, 7) is 1.75. The predicted molar refractivity (Wildman–Crippen MR) is 86.8 cm³/mol. The highest BCUT2D eigenvalue weighted by atomic mass is 32.2. The summed E-state index contributed by atoms with van der Waals surface area (Å²) in [4.78, 5) is 0.280. The van der Waals surface area contributed by atoms with Crippen molar-refractivity contribution in [3.63, 3.8) is 0 Å². The largest absolute Gasteiger partial charge is 0.490 e. The average Bonchev–Trinajstić information content (AvgIpc) is 2.55. The summed E-state index contributed by atoms with van der Waals surface area (Å²) in [7, 11) is -3.47. The maximum Gasteiger partial charge on any atom is 0.240 e. The minimum absolute atomic E-state index is 0.280. The molecule has 1 aliphatic carbocycles. The van der Waals surface area contributed by atoms with Crippen LogP contribution < -0.4 is 14.8 Å². The first-order chi connectivity index (χ1) is 10.6. The summed E-state index contributed by atoms with van der Waals surface area (Å²) in [5, 5.41) is 3.16. The van der Waals surface area contributed by atoms with Gasteiger partial charge in [-0.05, 0) is 50.3 Å². The van der Waals surface area contributed by atoms with Gasteiger partial charge in [-0.1, -0.05) is 11.6 Å². The maximum atomic E-state index is 12.4. The molecule has 0 atom stereocenters. The van der Waals surface area contributed by atoms with Crippen molar-refractivity contribution in [3.05, 3.63) is 29.8 Å². The molecule has 0 unspecified atom stereocenters. The molecule has 0 saturated carbocycles. The third-order valence-electron chi connectivity index (χ3n) is 4.06. The highest BCUT2D eigenvalue weighted by molar-refractivity contribution is 7.89. The predicted octanol–water partition coefficient (Wildman–Crippen LogP) is 2.66. The number of sulfonamides is 1. The fraction of sp³-hybridized carbons (Fsp3) is 0.500. The summed E-state index contributed by atoms with van der Waals surface area (Å²) in [5.74, 6) is 0.706. The van der Waals surface area contributed by atoms with Crippen molar-refractivity contribution in [1.82, 2.24) is 4.72 Å². The first kappa shape index (κ1) is 15.4. The number of ether oxygens (including phenoxy) is 1. The van der Waals surface area contributed by atoms with Gasteiger partial charge in [0.25, 0.3) is 0 Å². The van der Waals surface area contributed by atoms with E-state index in [1.54, 1.807) is 18.2 Å². The van der Waals surface area contributed by atoms with E-state index in [9.17, 15) is 8.42 Å². The Morgan fingerprint density at radius 1 is 1.27 bits per heavy atom. The number of fused-ring (bicyclic) bond motifs is 1. The van der Waals surface area contributed by atoms with Crippen LogP contribution >= 0.6 is 0 Å². The minimum atomic E-state index is -3.47. The molecular formula is C16H22N2O3S. The van der Waals surface area contributed by atoms with E-state index in [4.69, 9.17) is 4.74 Å². The lowest BCUT2D eigenvalue weighted by atomic mass is 9.97. The molecule has 1 aromatic rings. The van der Waals surface area contributed by atoms with E-state index in [1.165, 1.54) is 18.4 Å². The second-order valence-electron chi connectivity index (χ2n) is 5.69. The molecule has 0 bridgehead atoms. The normalized spacial score (nSPS) is 17.9. The van der Waals surface area contributed by atoms with E-state index < -0.39 is 10.0 Å². The number of allylic oxidation sites excluding steroid dienone is 1. The number of hydrogen-bond donors (Lipinski definition) is 2. The van der Waals surface area contributed by atoms with Crippen LogP contribution in [-0.2, 0) is 10.0 Å². The van der Waals surface area contributed by atoms with E-state index >= 15 is 0 Å². The van der Waals surface area contributed by atoms with Gasteiger partial charge in [-0.3, -0.25) is 0 Å². The summed E-state index contributed by atoms with van der Waals surface area (Å²) < 4.78 is 32.9. The van der Waals surface area contributed by atoms with E-state index in [2.05, 4.69) is 16.1 Å². The number of hydrogen-bond acceptors (Lipinski definition) is 4. The van der Waals surface area contributed by atoms with Crippen LogP contribution in [0.2, 0.25) is 0 Å². The Morgan fingerprint density at radius 2 is 2.18 bits per heavy atom. The lowest BCUT2D eigenvalue weighted by Crippen LogP contribution is -2.26. The van der Waals surface area contributed by atoms with Crippen LogP contribution in [0.5, 0.6) is 5.75 Å². The fourth-order valence-corrected chi connectivity index (χ4v) is 3.91. The molecule has 3 rings (SSSR count). The zero-order chi connectivity index (χ0) is 15.4. The number of benzene rings is 1. The zero-order valence-electron chi connectivity index (χ0n) is 12.6. The van der Waals surface area contributed by atoms with Gasteiger partial charge in [0.15, 0.2) is 0 Å².